The van der Waals surface area contributed by atoms with E-state index >= 15 is 0 Å². The van der Waals surface area contributed by atoms with Crippen molar-refractivity contribution in [3.05, 3.63) is 47.0 Å². The summed E-state index contributed by atoms with van der Waals surface area (Å²) in [5, 5.41) is 21.8. The Morgan fingerprint density at radius 1 is 1.16 bits per heavy atom. The van der Waals surface area contributed by atoms with Gasteiger partial charge in [0.15, 0.2) is 0 Å². The van der Waals surface area contributed by atoms with E-state index < -0.39 is 5.91 Å². The second-order valence-electron chi connectivity index (χ2n) is 3.89. The molecule has 0 atom stereocenters. The zero-order valence-corrected chi connectivity index (χ0v) is 10.5. The summed E-state index contributed by atoms with van der Waals surface area (Å²) in [5.41, 5.74) is 6.32. The van der Waals surface area contributed by atoms with Crippen LogP contribution in [0.3, 0.4) is 0 Å². The van der Waals surface area contributed by atoms with Crippen LogP contribution in [0, 0.1) is 0 Å². The molecule has 98 valence electrons. The number of phenolic OH excluding ortho intramolecular Hbond substituents is 2. The Morgan fingerprint density at radius 2 is 1.89 bits per heavy atom. The van der Waals surface area contributed by atoms with Crippen LogP contribution < -0.4 is 11.1 Å². The van der Waals surface area contributed by atoms with Gasteiger partial charge >= 0.3 is 0 Å². The van der Waals surface area contributed by atoms with Crippen molar-refractivity contribution in [1.29, 1.82) is 0 Å². The molecular formula is C13H11ClN2O3. The lowest BCUT2D eigenvalue weighted by molar-refractivity contribution is 0.102. The van der Waals surface area contributed by atoms with Crippen LogP contribution in [0.5, 0.6) is 11.5 Å². The van der Waals surface area contributed by atoms with Gasteiger partial charge in [-0.05, 0) is 36.4 Å². The van der Waals surface area contributed by atoms with Crippen molar-refractivity contribution >= 4 is 28.9 Å². The van der Waals surface area contributed by atoms with Gasteiger partial charge in [-0.25, -0.2) is 0 Å². The molecule has 5 N–H and O–H groups in total. The number of phenols is 2. The summed E-state index contributed by atoms with van der Waals surface area (Å²) in [6.45, 7) is 0. The minimum atomic E-state index is -0.595. The molecule has 0 unspecified atom stereocenters. The number of halogens is 1. The van der Waals surface area contributed by atoms with Gasteiger partial charge in [-0.15, -0.1) is 0 Å². The monoisotopic (exact) mass is 278 g/mol. The zero-order valence-electron chi connectivity index (χ0n) is 9.72. The lowest BCUT2D eigenvalue weighted by Gasteiger charge is -2.09. The van der Waals surface area contributed by atoms with Crippen molar-refractivity contribution in [3.63, 3.8) is 0 Å². The third-order valence-corrected chi connectivity index (χ3v) is 2.72. The van der Waals surface area contributed by atoms with Crippen LogP contribution in [0.4, 0.5) is 11.4 Å². The first kappa shape index (κ1) is 13.0. The maximum atomic E-state index is 12.0. The summed E-state index contributed by atoms with van der Waals surface area (Å²) in [5.74, 6) is -0.958. The number of hydrogen-bond donors (Lipinski definition) is 4. The fraction of sp³-hybridized carbons (Fsp3) is 0. The average Bonchev–Trinajstić information content (AvgIpc) is 2.36. The van der Waals surface area contributed by atoms with E-state index in [4.69, 9.17) is 17.3 Å². The van der Waals surface area contributed by atoms with Crippen LogP contribution >= 0.6 is 11.6 Å². The molecule has 19 heavy (non-hydrogen) atoms. The highest BCUT2D eigenvalue weighted by Gasteiger charge is 2.13. The Balaban J connectivity index is 2.30. The number of carbonyl (C=O) groups excluding carboxylic acids is 1. The van der Waals surface area contributed by atoms with Gasteiger partial charge in [-0.2, -0.15) is 0 Å². The van der Waals surface area contributed by atoms with Crippen molar-refractivity contribution in [1.82, 2.24) is 0 Å². The second kappa shape index (κ2) is 5.07. The molecule has 2 rings (SSSR count). The molecule has 1 amide bonds. The molecule has 0 bridgehead atoms. The van der Waals surface area contributed by atoms with Gasteiger partial charge in [0.05, 0.1) is 16.9 Å². The van der Waals surface area contributed by atoms with Gasteiger partial charge in [0, 0.05) is 5.02 Å². The Kier molecular flexibility index (Phi) is 3.48. The summed E-state index contributed by atoms with van der Waals surface area (Å²) >= 11 is 5.81. The Labute approximate surface area is 114 Å². The first-order chi connectivity index (χ1) is 8.97. The average molecular weight is 279 g/mol. The lowest BCUT2D eigenvalue weighted by atomic mass is 10.1. The number of benzene rings is 2. The fourth-order valence-electron chi connectivity index (χ4n) is 1.53. The van der Waals surface area contributed by atoms with Crippen LogP contribution in [-0.2, 0) is 0 Å². The molecule has 0 aliphatic rings. The van der Waals surface area contributed by atoms with Crippen LogP contribution in [-0.4, -0.2) is 16.1 Å². The number of rotatable bonds is 2. The lowest BCUT2D eigenvalue weighted by Crippen LogP contribution is -2.13. The molecule has 0 aliphatic carbocycles. The number of nitrogen functional groups attached to an aromatic ring is 1. The maximum Gasteiger partial charge on any atom is 0.259 e. The number of carbonyl (C=O) groups is 1. The van der Waals surface area contributed by atoms with Gasteiger partial charge in [0.25, 0.3) is 5.91 Å². The normalized spacial score (nSPS) is 10.2. The van der Waals surface area contributed by atoms with Gasteiger partial charge in [-0.1, -0.05) is 11.6 Å². The van der Waals surface area contributed by atoms with Crippen LogP contribution in [0.1, 0.15) is 10.4 Å². The van der Waals surface area contributed by atoms with Crippen LogP contribution in [0.15, 0.2) is 36.4 Å². The van der Waals surface area contributed by atoms with E-state index in [1.54, 1.807) is 12.1 Å². The quantitative estimate of drug-likeness (QED) is 0.501. The molecule has 5 nitrogen and oxygen atoms in total. The topological polar surface area (TPSA) is 95.6 Å². The number of amides is 1. The molecule has 2 aromatic carbocycles. The first-order valence-corrected chi connectivity index (χ1v) is 5.73. The van der Waals surface area contributed by atoms with Crippen molar-refractivity contribution in [2.24, 2.45) is 0 Å². The van der Waals surface area contributed by atoms with E-state index in [0.717, 1.165) is 6.07 Å². The largest absolute Gasteiger partial charge is 0.508 e. The molecule has 0 aromatic heterocycles. The Bertz CT molecular complexity index is 644. The van der Waals surface area contributed by atoms with Crippen LogP contribution in [0.25, 0.3) is 0 Å². The summed E-state index contributed by atoms with van der Waals surface area (Å²) in [6.07, 6.45) is 0. The van der Waals surface area contributed by atoms with Gasteiger partial charge in [-0.3, -0.25) is 4.79 Å². The summed E-state index contributed by atoms with van der Waals surface area (Å²) in [4.78, 5) is 12.0. The molecule has 2 aromatic rings. The van der Waals surface area contributed by atoms with Crippen molar-refractivity contribution in [2.45, 2.75) is 0 Å². The summed E-state index contributed by atoms with van der Waals surface area (Å²) < 4.78 is 0. The van der Waals surface area contributed by atoms with E-state index in [-0.39, 0.29) is 17.1 Å². The predicted octanol–water partition coefficient (Wildman–Crippen LogP) is 2.59. The minimum Gasteiger partial charge on any atom is -0.508 e. The summed E-state index contributed by atoms with van der Waals surface area (Å²) in [7, 11) is 0. The van der Waals surface area contributed by atoms with Gasteiger partial charge in [0.2, 0.25) is 0 Å². The fourth-order valence-corrected chi connectivity index (χ4v) is 1.70. The molecule has 0 aliphatic heterocycles. The standard InChI is InChI=1S/C13H11ClN2O3/c14-7-1-3-10(15)11(5-7)16-13(19)9-6-8(17)2-4-12(9)18/h1-6,17-18H,15H2,(H,16,19). The molecule has 0 saturated heterocycles. The molecule has 0 fully saturated rings. The van der Waals surface area contributed by atoms with E-state index in [0.29, 0.717) is 16.4 Å². The van der Waals surface area contributed by atoms with Crippen molar-refractivity contribution in [3.8, 4) is 11.5 Å². The SMILES string of the molecule is Nc1ccc(Cl)cc1NC(=O)c1cc(O)ccc1O. The van der Waals surface area contributed by atoms with Gasteiger partial charge in [0.1, 0.15) is 11.5 Å². The maximum absolute atomic E-state index is 12.0. The highest BCUT2D eigenvalue weighted by molar-refractivity contribution is 6.31. The molecule has 0 heterocycles. The number of aromatic hydroxyl groups is 2. The number of nitrogens with two attached hydrogens (primary N) is 1. The Morgan fingerprint density at radius 3 is 2.63 bits per heavy atom. The van der Waals surface area contributed by atoms with E-state index in [1.807, 2.05) is 0 Å². The highest BCUT2D eigenvalue weighted by atomic mass is 35.5. The third kappa shape index (κ3) is 2.89. The predicted molar refractivity (Wildman–Crippen MR) is 73.6 cm³/mol. The molecule has 0 saturated carbocycles. The van der Waals surface area contributed by atoms with E-state index in [1.165, 1.54) is 18.2 Å². The van der Waals surface area contributed by atoms with E-state index in [9.17, 15) is 15.0 Å². The van der Waals surface area contributed by atoms with Gasteiger partial charge < -0.3 is 21.3 Å². The number of anilines is 2. The van der Waals surface area contributed by atoms with Crippen molar-refractivity contribution in [2.75, 3.05) is 11.1 Å². The molecule has 6 heteroatoms. The highest BCUT2D eigenvalue weighted by Crippen LogP contribution is 2.26. The molecule has 0 radical (unpaired) electrons. The smallest absolute Gasteiger partial charge is 0.259 e. The minimum absolute atomic E-state index is 0.0561. The Hall–Kier alpha value is -2.40. The van der Waals surface area contributed by atoms with Crippen molar-refractivity contribution < 1.29 is 15.0 Å². The van der Waals surface area contributed by atoms with Crippen LogP contribution in [0.2, 0.25) is 5.02 Å². The van der Waals surface area contributed by atoms with E-state index in [2.05, 4.69) is 5.32 Å². The summed E-state index contributed by atoms with van der Waals surface area (Å²) in [6, 6.07) is 8.31. The second-order valence-corrected chi connectivity index (χ2v) is 4.32. The molecular weight excluding hydrogens is 268 g/mol. The zero-order chi connectivity index (χ0) is 14.0. The number of nitrogens with one attached hydrogen (secondary N) is 1. The number of hydrogen-bond acceptors (Lipinski definition) is 4. The first-order valence-electron chi connectivity index (χ1n) is 5.36. The molecule has 0 spiro atoms. The third-order valence-electron chi connectivity index (χ3n) is 2.49.